The first-order chi connectivity index (χ1) is 12.6. The minimum absolute atomic E-state index is 0.0458. The van der Waals surface area contributed by atoms with Gasteiger partial charge in [-0.3, -0.25) is 0 Å². The Balaban J connectivity index is 2.02. The van der Waals surface area contributed by atoms with Crippen LogP contribution >= 0.6 is 0 Å². The summed E-state index contributed by atoms with van der Waals surface area (Å²) in [6.07, 6.45) is 3.40. The quantitative estimate of drug-likeness (QED) is 0.853. The van der Waals surface area contributed by atoms with Gasteiger partial charge in [0.2, 0.25) is 0 Å². The van der Waals surface area contributed by atoms with E-state index < -0.39 is 11.3 Å². The van der Waals surface area contributed by atoms with Gasteiger partial charge in [0, 0.05) is 19.0 Å². The second-order valence-corrected chi connectivity index (χ2v) is 7.17. The number of fused-ring (bicyclic) bond motifs is 1. The van der Waals surface area contributed by atoms with Gasteiger partial charge in [-0.1, -0.05) is 36.4 Å². The molecule has 3 rings (SSSR count). The molecule has 1 N–H and O–H groups in total. The van der Waals surface area contributed by atoms with Crippen molar-refractivity contribution in [2.75, 3.05) is 20.1 Å². The minimum atomic E-state index is -1.53. The lowest BCUT2D eigenvalue weighted by Gasteiger charge is -2.47. The summed E-state index contributed by atoms with van der Waals surface area (Å²) in [5.74, 6) is -1.10. The monoisotopic (exact) mass is 343 g/mol. The number of nitrogens with zero attached hydrogens (tertiary/aromatic N) is 4. The molecule has 1 aliphatic carbocycles. The smallest absolute Gasteiger partial charge is 0.185 e. The van der Waals surface area contributed by atoms with E-state index in [0.29, 0.717) is 13.0 Å². The Morgan fingerprint density at radius 1 is 1.19 bits per heavy atom. The standard InChI is InChI=1S/C21H21N5/c1-26-10-9-16-17(11-22)20(25)21(13-23,14-24)19(18(16)12-26)8-7-15-5-3-2-4-6-15/h2-6,9,17-19,25H,7-8,10,12H2,1H3/t17?,18-,19-/m0/s1. The summed E-state index contributed by atoms with van der Waals surface area (Å²) >= 11 is 0. The van der Waals surface area contributed by atoms with Crippen LogP contribution in [-0.2, 0) is 6.42 Å². The summed E-state index contributed by atoms with van der Waals surface area (Å²) in [4.78, 5) is 2.15. The van der Waals surface area contributed by atoms with Crippen LogP contribution < -0.4 is 0 Å². The van der Waals surface area contributed by atoms with Gasteiger partial charge in [-0.2, -0.15) is 15.8 Å². The number of likely N-dealkylation sites (N-methyl/N-ethyl adjacent to an activating group) is 1. The summed E-state index contributed by atoms with van der Waals surface area (Å²) in [6.45, 7) is 1.44. The number of hydrogen-bond acceptors (Lipinski definition) is 5. The molecule has 1 aliphatic heterocycles. The van der Waals surface area contributed by atoms with Crippen LogP contribution in [0.25, 0.3) is 0 Å². The van der Waals surface area contributed by atoms with Gasteiger partial charge in [-0.15, -0.1) is 0 Å². The molecule has 5 heteroatoms. The molecule has 3 atom stereocenters. The van der Waals surface area contributed by atoms with E-state index in [-0.39, 0.29) is 17.5 Å². The van der Waals surface area contributed by atoms with Crippen molar-refractivity contribution in [2.24, 2.45) is 23.2 Å². The molecule has 0 saturated heterocycles. The van der Waals surface area contributed by atoms with Crippen LogP contribution in [0.3, 0.4) is 0 Å². The molecule has 26 heavy (non-hydrogen) atoms. The molecule has 2 aliphatic rings. The maximum absolute atomic E-state index is 9.89. The Morgan fingerprint density at radius 2 is 1.88 bits per heavy atom. The fourth-order valence-corrected chi connectivity index (χ4v) is 4.35. The molecule has 1 heterocycles. The van der Waals surface area contributed by atoms with Crippen molar-refractivity contribution in [3.63, 3.8) is 0 Å². The van der Waals surface area contributed by atoms with Crippen molar-refractivity contribution in [2.45, 2.75) is 12.8 Å². The van der Waals surface area contributed by atoms with Gasteiger partial charge in [-0.25, -0.2) is 0 Å². The van der Waals surface area contributed by atoms with Gasteiger partial charge in [0.25, 0.3) is 0 Å². The summed E-state index contributed by atoms with van der Waals surface area (Å²) in [5, 5.41) is 37.9. The largest absolute Gasteiger partial charge is 0.305 e. The summed E-state index contributed by atoms with van der Waals surface area (Å²) in [5.41, 5.74) is 0.501. The SMILES string of the molecule is CN1CC=C2C(C#N)C(=N)C(C#N)(C#N)[C@@H](CCc3ccccc3)[C@H]2C1. The third-order valence-corrected chi connectivity index (χ3v) is 5.73. The van der Waals surface area contributed by atoms with Gasteiger partial charge in [0.15, 0.2) is 5.41 Å². The van der Waals surface area contributed by atoms with Crippen LogP contribution in [0.15, 0.2) is 42.0 Å². The molecule has 1 unspecified atom stereocenters. The molecule has 0 bridgehead atoms. The van der Waals surface area contributed by atoms with Crippen molar-refractivity contribution >= 4 is 5.71 Å². The number of nitrogens with one attached hydrogen (secondary N) is 1. The molecule has 0 aromatic heterocycles. The Morgan fingerprint density at radius 3 is 2.50 bits per heavy atom. The van der Waals surface area contributed by atoms with Crippen molar-refractivity contribution < 1.29 is 0 Å². The molecular formula is C21H21N5. The highest BCUT2D eigenvalue weighted by molar-refractivity contribution is 6.00. The molecule has 0 spiro atoms. The van der Waals surface area contributed by atoms with Crippen molar-refractivity contribution in [3.05, 3.63) is 47.5 Å². The van der Waals surface area contributed by atoms with Crippen LogP contribution in [0.2, 0.25) is 0 Å². The number of rotatable bonds is 3. The summed E-state index contributed by atoms with van der Waals surface area (Å²) < 4.78 is 0. The summed E-state index contributed by atoms with van der Waals surface area (Å²) in [6, 6.07) is 16.4. The maximum Gasteiger partial charge on any atom is 0.185 e. The first-order valence-electron chi connectivity index (χ1n) is 8.80. The molecule has 1 aromatic rings. The normalized spacial score (nSPS) is 27.4. The fraction of sp³-hybridized carbons (Fsp3) is 0.429. The van der Waals surface area contributed by atoms with Crippen LogP contribution in [0.1, 0.15) is 12.0 Å². The zero-order valence-corrected chi connectivity index (χ0v) is 14.8. The number of aryl methyl sites for hydroxylation is 1. The van der Waals surface area contributed by atoms with Crippen molar-refractivity contribution in [1.29, 1.82) is 21.2 Å². The summed E-state index contributed by atoms with van der Waals surface area (Å²) in [7, 11) is 2.00. The average Bonchev–Trinajstić information content (AvgIpc) is 2.67. The molecular weight excluding hydrogens is 322 g/mol. The minimum Gasteiger partial charge on any atom is -0.305 e. The van der Waals surface area contributed by atoms with E-state index in [2.05, 4.69) is 23.1 Å². The third-order valence-electron chi connectivity index (χ3n) is 5.73. The predicted octanol–water partition coefficient (Wildman–Crippen LogP) is 2.93. The zero-order chi connectivity index (χ0) is 18.7. The highest BCUT2D eigenvalue weighted by Crippen LogP contribution is 2.50. The van der Waals surface area contributed by atoms with Crippen molar-refractivity contribution in [1.82, 2.24) is 4.90 Å². The molecule has 1 aromatic carbocycles. The van der Waals surface area contributed by atoms with Crippen LogP contribution in [-0.4, -0.2) is 30.7 Å². The van der Waals surface area contributed by atoms with E-state index in [0.717, 1.165) is 24.1 Å². The van der Waals surface area contributed by atoms with E-state index in [1.165, 1.54) is 0 Å². The van der Waals surface area contributed by atoms with Crippen LogP contribution in [0.5, 0.6) is 0 Å². The van der Waals surface area contributed by atoms with Crippen molar-refractivity contribution in [3.8, 4) is 18.2 Å². The Kier molecular flexibility index (Phi) is 4.90. The van der Waals surface area contributed by atoms with E-state index in [1.807, 2.05) is 43.5 Å². The molecule has 1 saturated carbocycles. The third kappa shape index (κ3) is 2.80. The van der Waals surface area contributed by atoms with E-state index in [1.54, 1.807) is 0 Å². The van der Waals surface area contributed by atoms with E-state index in [9.17, 15) is 15.8 Å². The van der Waals surface area contributed by atoms with Gasteiger partial charge < -0.3 is 10.3 Å². The lowest BCUT2D eigenvalue weighted by atomic mass is 9.55. The topological polar surface area (TPSA) is 98.5 Å². The first kappa shape index (κ1) is 17.9. The van der Waals surface area contributed by atoms with Gasteiger partial charge in [0.1, 0.15) is 5.92 Å². The Bertz CT molecular complexity index is 835. The number of nitriles is 3. The van der Waals surface area contributed by atoms with Crippen LogP contribution in [0, 0.1) is 62.6 Å². The molecule has 1 fully saturated rings. The van der Waals surface area contributed by atoms with Gasteiger partial charge >= 0.3 is 0 Å². The number of hydrogen-bond donors (Lipinski definition) is 1. The lowest BCUT2D eigenvalue weighted by Crippen LogP contribution is -2.53. The van der Waals surface area contributed by atoms with E-state index >= 15 is 0 Å². The first-order valence-corrected chi connectivity index (χ1v) is 8.80. The Hall–Kier alpha value is -2.94. The van der Waals surface area contributed by atoms with Gasteiger partial charge in [0.05, 0.1) is 23.9 Å². The molecule has 130 valence electrons. The number of benzene rings is 1. The van der Waals surface area contributed by atoms with Gasteiger partial charge in [-0.05, 0) is 36.9 Å². The average molecular weight is 343 g/mol. The highest BCUT2D eigenvalue weighted by atomic mass is 15.1. The van der Waals surface area contributed by atoms with Crippen LogP contribution in [0.4, 0.5) is 0 Å². The fourth-order valence-electron chi connectivity index (χ4n) is 4.35. The zero-order valence-electron chi connectivity index (χ0n) is 14.8. The second-order valence-electron chi connectivity index (χ2n) is 7.17. The molecule has 0 amide bonds. The lowest BCUT2D eigenvalue weighted by molar-refractivity contribution is 0.179. The molecule has 0 radical (unpaired) electrons. The second kappa shape index (κ2) is 7.12. The van der Waals surface area contributed by atoms with E-state index in [4.69, 9.17) is 5.41 Å². The predicted molar refractivity (Wildman–Crippen MR) is 97.8 cm³/mol. The highest BCUT2D eigenvalue weighted by Gasteiger charge is 2.56. The maximum atomic E-state index is 9.89. The Labute approximate surface area is 154 Å². The molecule has 5 nitrogen and oxygen atoms in total.